The molecule has 1 aliphatic heterocycles. The minimum absolute atomic E-state index is 0.102. The highest BCUT2D eigenvalue weighted by Gasteiger charge is 2.34. The smallest absolute Gasteiger partial charge is 0.272 e. The number of carbonyl (C=O) groups is 4. The molecule has 210 valence electrons. The molecule has 0 aromatic heterocycles. The molecule has 5 rings (SSSR count). The summed E-state index contributed by atoms with van der Waals surface area (Å²) in [5, 5.41) is 5.63. The Hall–Kier alpha value is -4.47. The molecule has 1 heterocycles. The average Bonchev–Trinajstić information content (AvgIpc) is 3.25. The number of anilines is 1. The van der Waals surface area contributed by atoms with Crippen LogP contribution in [0.4, 0.5) is 5.69 Å². The van der Waals surface area contributed by atoms with Gasteiger partial charge in [0, 0.05) is 27.2 Å². The van der Waals surface area contributed by atoms with Crippen LogP contribution < -0.4 is 10.6 Å². The van der Waals surface area contributed by atoms with Gasteiger partial charge in [-0.1, -0.05) is 64.5 Å². The van der Waals surface area contributed by atoms with Crippen LogP contribution in [0.5, 0.6) is 0 Å². The zero-order chi connectivity index (χ0) is 29.5. The van der Waals surface area contributed by atoms with Gasteiger partial charge < -0.3 is 10.6 Å². The van der Waals surface area contributed by atoms with Crippen LogP contribution in [0.3, 0.4) is 0 Å². The molecule has 0 unspecified atom stereocenters. The summed E-state index contributed by atoms with van der Waals surface area (Å²) in [4.78, 5) is 53.6. The van der Waals surface area contributed by atoms with Crippen molar-refractivity contribution < 1.29 is 19.2 Å². The zero-order valence-electron chi connectivity index (χ0n) is 22.4. The van der Waals surface area contributed by atoms with Gasteiger partial charge in [-0.25, -0.2) is 0 Å². The quantitative estimate of drug-likeness (QED) is 0.0878. The summed E-state index contributed by atoms with van der Waals surface area (Å²) in [6.07, 6.45) is 2.25. The van der Waals surface area contributed by atoms with E-state index in [9.17, 15) is 19.2 Å². The molecule has 0 spiro atoms. The molecule has 0 fully saturated rings. The van der Waals surface area contributed by atoms with Crippen LogP contribution in [0.25, 0.3) is 6.08 Å². The number of hydrogen-bond acceptors (Lipinski definition) is 5. The van der Waals surface area contributed by atoms with E-state index in [2.05, 4.69) is 26.6 Å². The van der Waals surface area contributed by atoms with E-state index < -0.39 is 11.8 Å². The SMILES string of the molecule is O=C(Nc1cccc(SCCCN2C(=O)c3ccccc3C2=O)c1)/C(=C/c1ccc(Br)cc1)NC(=O)c1ccccc1. The van der Waals surface area contributed by atoms with Crippen molar-refractivity contribution in [2.75, 3.05) is 17.6 Å². The number of imide groups is 1. The fourth-order valence-corrected chi connectivity index (χ4v) is 5.54. The third kappa shape index (κ3) is 7.05. The normalized spacial score (nSPS) is 12.7. The first-order valence-corrected chi connectivity index (χ1v) is 15.0. The maximum absolute atomic E-state index is 13.3. The van der Waals surface area contributed by atoms with Crippen LogP contribution in [0, 0.1) is 0 Å². The Balaban J connectivity index is 1.21. The lowest BCUT2D eigenvalue weighted by atomic mass is 10.1. The van der Waals surface area contributed by atoms with Gasteiger partial charge in [0.25, 0.3) is 23.6 Å². The monoisotopic (exact) mass is 639 g/mol. The number of benzene rings is 4. The molecular weight excluding hydrogens is 614 g/mol. The molecule has 0 saturated heterocycles. The Morgan fingerprint density at radius 3 is 2.17 bits per heavy atom. The summed E-state index contributed by atoms with van der Waals surface area (Å²) < 4.78 is 0.900. The Kier molecular flexibility index (Phi) is 9.31. The molecule has 42 heavy (non-hydrogen) atoms. The lowest BCUT2D eigenvalue weighted by Crippen LogP contribution is -2.31. The van der Waals surface area contributed by atoms with Gasteiger partial charge in [-0.15, -0.1) is 11.8 Å². The van der Waals surface area contributed by atoms with Crippen LogP contribution in [-0.2, 0) is 4.79 Å². The van der Waals surface area contributed by atoms with Crippen LogP contribution in [-0.4, -0.2) is 40.8 Å². The third-order valence-electron chi connectivity index (χ3n) is 6.47. The molecule has 1 aliphatic rings. The predicted octanol–water partition coefficient (Wildman–Crippen LogP) is 6.64. The number of amides is 4. The lowest BCUT2D eigenvalue weighted by molar-refractivity contribution is -0.113. The van der Waals surface area contributed by atoms with Crippen LogP contribution in [0.2, 0.25) is 0 Å². The molecule has 2 N–H and O–H groups in total. The first-order chi connectivity index (χ1) is 20.4. The van der Waals surface area contributed by atoms with Crippen molar-refractivity contribution in [3.05, 3.63) is 136 Å². The summed E-state index contributed by atoms with van der Waals surface area (Å²) in [5.41, 5.74) is 2.76. The van der Waals surface area contributed by atoms with Gasteiger partial charge in [0.15, 0.2) is 0 Å². The summed E-state index contributed by atoms with van der Waals surface area (Å²) in [6, 6.07) is 30.3. The number of rotatable bonds is 10. The number of fused-ring (bicyclic) bond motifs is 1. The summed E-state index contributed by atoms with van der Waals surface area (Å²) in [7, 11) is 0. The minimum Gasteiger partial charge on any atom is -0.321 e. The van der Waals surface area contributed by atoms with E-state index in [1.807, 2.05) is 48.5 Å². The second-order valence-electron chi connectivity index (χ2n) is 9.42. The second-order valence-corrected chi connectivity index (χ2v) is 11.5. The molecule has 0 bridgehead atoms. The van der Waals surface area contributed by atoms with Crippen molar-refractivity contribution >= 4 is 63.1 Å². The van der Waals surface area contributed by atoms with Crippen molar-refractivity contribution in [2.24, 2.45) is 0 Å². The van der Waals surface area contributed by atoms with E-state index in [1.54, 1.807) is 72.4 Å². The first-order valence-electron chi connectivity index (χ1n) is 13.2. The lowest BCUT2D eigenvalue weighted by Gasteiger charge is -2.14. The Morgan fingerprint density at radius 2 is 1.48 bits per heavy atom. The van der Waals surface area contributed by atoms with E-state index in [4.69, 9.17) is 0 Å². The molecule has 0 aliphatic carbocycles. The van der Waals surface area contributed by atoms with E-state index in [1.165, 1.54) is 4.90 Å². The van der Waals surface area contributed by atoms with Crippen molar-refractivity contribution in [2.45, 2.75) is 11.3 Å². The third-order valence-corrected chi connectivity index (χ3v) is 8.08. The largest absolute Gasteiger partial charge is 0.321 e. The maximum Gasteiger partial charge on any atom is 0.272 e. The van der Waals surface area contributed by atoms with Crippen LogP contribution >= 0.6 is 27.7 Å². The topological polar surface area (TPSA) is 95.6 Å². The van der Waals surface area contributed by atoms with Gasteiger partial charge in [-0.3, -0.25) is 24.1 Å². The fraction of sp³-hybridized carbons (Fsp3) is 0.0909. The number of nitrogens with one attached hydrogen (secondary N) is 2. The number of thioether (sulfide) groups is 1. The van der Waals surface area contributed by atoms with E-state index in [0.717, 1.165) is 14.9 Å². The van der Waals surface area contributed by atoms with Gasteiger partial charge in [-0.05, 0) is 78.4 Å². The maximum atomic E-state index is 13.3. The number of carbonyl (C=O) groups excluding carboxylic acids is 4. The molecule has 0 radical (unpaired) electrons. The molecule has 0 saturated carbocycles. The van der Waals surface area contributed by atoms with Gasteiger partial charge in [-0.2, -0.15) is 0 Å². The van der Waals surface area contributed by atoms with Crippen molar-refractivity contribution in [3.8, 4) is 0 Å². The average molecular weight is 641 g/mol. The summed E-state index contributed by atoms with van der Waals surface area (Å²) >= 11 is 4.97. The first kappa shape index (κ1) is 29.0. The highest BCUT2D eigenvalue weighted by atomic mass is 79.9. The van der Waals surface area contributed by atoms with Gasteiger partial charge in [0.05, 0.1) is 11.1 Å². The molecular formula is C33H26BrN3O4S. The number of hydrogen-bond donors (Lipinski definition) is 2. The number of halogens is 1. The van der Waals surface area contributed by atoms with E-state index in [0.29, 0.717) is 41.1 Å². The highest BCUT2D eigenvalue weighted by molar-refractivity contribution is 9.10. The van der Waals surface area contributed by atoms with Gasteiger partial charge in [0.1, 0.15) is 5.70 Å². The van der Waals surface area contributed by atoms with Gasteiger partial charge in [0.2, 0.25) is 0 Å². The fourth-order valence-electron chi connectivity index (χ4n) is 4.39. The van der Waals surface area contributed by atoms with Crippen molar-refractivity contribution in [1.82, 2.24) is 10.2 Å². The molecule has 9 heteroatoms. The van der Waals surface area contributed by atoms with Crippen molar-refractivity contribution in [3.63, 3.8) is 0 Å². The molecule has 0 atom stereocenters. The Bertz CT molecular complexity index is 1640. The van der Waals surface area contributed by atoms with Crippen LogP contribution in [0.15, 0.2) is 118 Å². The molecule has 4 aromatic rings. The molecule has 4 amide bonds. The standard InChI is InChI=1S/C33H26BrN3O4S/c34-24-16-14-22(15-17-24)20-29(36-30(38)23-8-2-1-3-9-23)31(39)35-25-10-6-11-26(21-25)42-19-7-18-37-32(40)27-12-4-5-13-28(27)33(37)41/h1-6,8-17,20-21H,7,18-19H2,(H,35,39)(H,36,38)/b29-20-. The summed E-state index contributed by atoms with van der Waals surface area (Å²) in [5.74, 6) is -0.688. The minimum atomic E-state index is -0.463. The Morgan fingerprint density at radius 1 is 0.810 bits per heavy atom. The van der Waals surface area contributed by atoms with E-state index in [-0.39, 0.29) is 17.5 Å². The van der Waals surface area contributed by atoms with E-state index >= 15 is 0 Å². The zero-order valence-corrected chi connectivity index (χ0v) is 24.8. The molecule has 4 aromatic carbocycles. The predicted molar refractivity (Wildman–Crippen MR) is 168 cm³/mol. The summed E-state index contributed by atoms with van der Waals surface area (Å²) in [6.45, 7) is 0.334. The van der Waals surface area contributed by atoms with Gasteiger partial charge >= 0.3 is 0 Å². The molecule has 7 nitrogen and oxygen atoms in total. The van der Waals surface area contributed by atoms with Crippen LogP contribution in [0.1, 0.15) is 43.1 Å². The number of nitrogens with zero attached hydrogens (tertiary/aromatic N) is 1. The second kappa shape index (κ2) is 13.5. The van der Waals surface area contributed by atoms with Crippen molar-refractivity contribution in [1.29, 1.82) is 0 Å². The Labute approximate surface area is 256 Å². The highest BCUT2D eigenvalue weighted by Crippen LogP contribution is 2.25.